The molecule has 0 radical (unpaired) electrons. The monoisotopic (exact) mass is 532 g/mol. The van der Waals surface area contributed by atoms with E-state index in [0.717, 1.165) is 89.8 Å². The molecule has 1 heterocycles. The molecule has 0 spiro atoms. The molecule has 0 saturated carbocycles. The number of likely N-dealkylation sites (tertiary alicyclic amines) is 1. The van der Waals surface area contributed by atoms with Gasteiger partial charge >= 0.3 is 0 Å². The molecule has 1 aliphatic heterocycles. The number of aliphatic imine (C=N–C) groups is 1. The molecule has 172 valence electrons. The SMILES string of the molecule is CCCOc1cccc(CCN=C(NCC)NC2CCN(CCCOC)CC2)c1.I. The van der Waals surface area contributed by atoms with E-state index in [2.05, 4.69) is 47.6 Å². The van der Waals surface area contributed by atoms with E-state index < -0.39 is 0 Å². The molecular formula is C23H41IN4O2. The first-order valence-corrected chi connectivity index (χ1v) is 11.2. The van der Waals surface area contributed by atoms with E-state index in [-0.39, 0.29) is 24.0 Å². The number of nitrogens with zero attached hydrogens (tertiary/aromatic N) is 2. The van der Waals surface area contributed by atoms with Gasteiger partial charge in [0.25, 0.3) is 0 Å². The van der Waals surface area contributed by atoms with Crippen LogP contribution in [0.2, 0.25) is 0 Å². The molecule has 1 aromatic rings. The Labute approximate surface area is 200 Å². The molecule has 0 aliphatic carbocycles. The molecule has 2 N–H and O–H groups in total. The first-order chi connectivity index (χ1) is 14.2. The molecule has 0 atom stereocenters. The van der Waals surface area contributed by atoms with Gasteiger partial charge in [-0.2, -0.15) is 0 Å². The lowest BCUT2D eigenvalue weighted by Crippen LogP contribution is -2.49. The van der Waals surface area contributed by atoms with Crippen molar-refractivity contribution in [3.8, 4) is 5.75 Å². The Morgan fingerprint density at radius 2 is 2.00 bits per heavy atom. The van der Waals surface area contributed by atoms with Crippen molar-refractivity contribution in [2.75, 3.05) is 53.0 Å². The van der Waals surface area contributed by atoms with E-state index in [1.54, 1.807) is 7.11 Å². The van der Waals surface area contributed by atoms with Crippen LogP contribution in [0.4, 0.5) is 0 Å². The Bertz CT molecular complexity index is 592. The number of guanidine groups is 1. The van der Waals surface area contributed by atoms with Crippen LogP contribution in [-0.4, -0.2) is 69.9 Å². The van der Waals surface area contributed by atoms with Crippen LogP contribution in [0, 0.1) is 0 Å². The molecule has 1 fully saturated rings. The summed E-state index contributed by atoms with van der Waals surface area (Å²) in [4.78, 5) is 7.33. The maximum atomic E-state index is 5.73. The van der Waals surface area contributed by atoms with Gasteiger partial charge < -0.3 is 25.0 Å². The van der Waals surface area contributed by atoms with Crippen LogP contribution in [0.3, 0.4) is 0 Å². The number of ether oxygens (including phenoxy) is 2. The molecule has 0 unspecified atom stereocenters. The van der Waals surface area contributed by atoms with Gasteiger partial charge in [0.1, 0.15) is 5.75 Å². The smallest absolute Gasteiger partial charge is 0.191 e. The van der Waals surface area contributed by atoms with Gasteiger partial charge in [-0.3, -0.25) is 4.99 Å². The average molecular weight is 533 g/mol. The number of piperidine rings is 1. The van der Waals surface area contributed by atoms with Crippen LogP contribution >= 0.6 is 24.0 Å². The minimum atomic E-state index is 0. The second-order valence-corrected chi connectivity index (χ2v) is 7.61. The normalized spacial score (nSPS) is 15.5. The van der Waals surface area contributed by atoms with E-state index >= 15 is 0 Å². The lowest BCUT2D eigenvalue weighted by molar-refractivity contribution is 0.155. The standard InChI is InChI=1S/C23H40N4O2.HI/c1-4-17-29-22-9-6-8-20(19-22)10-13-25-23(24-5-2)26-21-11-15-27(16-12-21)14-7-18-28-3;/h6,8-9,19,21H,4-5,7,10-18H2,1-3H3,(H2,24,25,26);1H. The first-order valence-electron chi connectivity index (χ1n) is 11.2. The molecule has 1 aromatic carbocycles. The maximum absolute atomic E-state index is 5.73. The van der Waals surface area contributed by atoms with Gasteiger partial charge in [-0.05, 0) is 56.7 Å². The van der Waals surface area contributed by atoms with Crippen molar-refractivity contribution >= 4 is 29.9 Å². The van der Waals surface area contributed by atoms with Crippen molar-refractivity contribution in [3.05, 3.63) is 29.8 Å². The molecular weight excluding hydrogens is 491 g/mol. The molecule has 30 heavy (non-hydrogen) atoms. The summed E-state index contributed by atoms with van der Waals surface area (Å²) in [5.74, 6) is 1.89. The van der Waals surface area contributed by atoms with Gasteiger partial charge in [-0.25, -0.2) is 0 Å². The highest BCUT2D eigenvalue weighted by Crippen LogP contribution is 2.14. The molecule has 0 bridgehead atoms. The topological polar surface area (TPSA) is 58.1 Å². The third kappa shape index (κ3) is 10.8. The number of hydrogen-bond acceptors (Lipinski definition) is 4. The average Bonchev–Trinajstić information content (AvgIpc) is 2.74. The minimum Gasteiger partial charge on any atom is -0.494 e. The van der Waals surface area contributed by atoms with Crippen molar-refractivity contribution in [3.63, 3.8) is 0 Å². The van der Waals surface area contributed by atoms with E-state index in [4.69, 9.17) is 14.5 Å². The summed E-state index contributed by atoms with van der Waals surface area (Å²) in [6, 6.07) is 8.86. The second kappa shape index (κ2) is 16.6. The van der Waals surface area contributed by atoms with Gasteiger partial charge in [0.15, 0.2) is 5.96 Å². The Hall–Kier alpha value is -1.06. The molecule has 6 nitrogen and oxygen atoms in total. The van der Waals surface area contributed by atoms with Gasteiger partial charge in [0.2, 0.25) is 0 Å². The van der Waals surface area contributed by atoms with Gasteiger partial charge in [0.05, 0.1) is 6.61 Å². The molecule has 0 aromatic heterocycles. The van der Waals surface area contributed by atoms with Crippen LogP contribution < -0.4 is 15.4 Å². The van der Waals surface area contributed by atoms with Crippen molar-refractivity contribution in [2.45, 2.75) is 52.0 Å². The lowest BCUT2D eigenvalue weighted by Gasteiger charge is -2.33. The van der Waals surface area contributed by atoms with Crippen LogP contribution in [0.15, 0.2) is 29.3 Å². The summed E-state index contributed by atoms with van der Waals surface area (Å²) in [7, 11) is 1.77. The Kier molecular flexibility index (Phi) is 14.9. The summed E-state index contributed by atoms with van der Waals surface area (Å²) >= 11 is 0. The zero-order valence-electron chi connectivity index (χ0n) is 19.0. The minimum absolute atomic E-state index is 0. The second-order valence-electron chi connectivity index (χ2n) is 7.61. The molecule has 1 aliphatic rings. The fraction of sp³-hybridized carbons (Fsp3) is 0.696. The number of nitrogens with one attached hydrogen (secondary N) is 2. The van der Waals surface area contributed by atoms with Crippen molar-refractivity contribution in [2.24, 2.45) is 4.99 Å². The number of hydrogen-bond donors (Lipinski definition) is 2. The lowest BCUT2D eigenvalue weighted by atomic mass is 10.1. The molecule has 7 heteroatoms. The molecule has 1 saturated heterocycles. The predicted octanol–water partition coefficient (Wildman–Crippen LogP) is 3.69. The fourth-order valence-electron chi connectivity index (χ4n) is 3.55. The van der Waals surface area contributed by atoms with Crippen molar-refractivity contribution < 1.29 is 9.47 Å². The highest BCUT2D eigenvalue weighted by Gasteiger charge is 2.19. The zero-order chi connectivity index (χ0) is 20.7. The summed E-state index contributed by atoms with van der Waals surface area (Å²) in [5, 5.41) is 7.03. The third-order valence-corrected chi connectivity index (χ3v) is 5.14. The van der Waals surface area contributed by atoms with Crippen LogP contribution in [-0.2, 0) is 11.2 Å². The van der Waals surface area contributed by atoms with E-state index in [1.807, 2.05) is 6.07 Å². The summed E-state index contributed by atoms with van der Waals surface area (Å²) < 4.78 is 10.9. The van der Waals surface area contributed by atoms with Crippen LogP contribution in [0.25, 0.3) is 0 Å². The molecule has 2 rings (SSSR count). The van der Waals surface area contributed by atoms with Crippen molar-refractivity contribution in [1.82, 2.24) is 15.5 Å². The number of benzene rings is 1. The number of methoxy groups -OCH3 is 1. The van der Waals surface area contributed by atoms with Gasteiger partial charge in [0, 0.05) is 52.5 Å². The Morgan fingerprint density at radius 3 is 2.70 bits per heavy atom. The van der Waals surface area contributed by atoms with E-state index in [9.17, 15) is 0 Å². The van der Waals surface area contributed by atoms with Gasteiger partial charge in [-0.15, -0.1) is 24.0 Å². The van der Waals surface area contributed by atoms with E-state index in [0.29, 0.717) is 6.04 Å². The number of rotatable bonds is 12. The first kappa shape index (κ1) is 27.0. The van der Waals surface area contributed by atoms with Crippen LogP contribution in [0.5, 0.6) is 5.75 Å². The quantitative estimate of drug-likeness (QED) is 0.186. The zero-order valence-corrected chi connectivity index (χ0v) is 21.3. The predicted molar refractivity (Wildman–Crippen MR) is 136 cm³/mol. The summed E-state index contributed by atoms with van der Waals surface area (Å²) in [5.41, 5.74) is 1.27. The van der Waals surface area contributed by atoms with Gasteiger partial charge in [-0.1, -0.05) is 19.1 Å². The Morgan fingerprint density at radius 1 is 1.20 bits per heavy atom. The summed E-state index contributed by atoms with van der Waals surface area (Å²) in [6.07, 6.45) is 5.38. The largest absolute Gasteiger partial charge is 0.494 e. The van der Waals surface area contributed by atoms with Crippen molar-refractivity contribution in [1.29, 1.82) is 0 Å². The third-order valence-electron chi connectivity index (χ3n) is 5.14. The highest BCUT2D eigenvalue weighted by molar-refractivity contribution is 14.0. The van der Waals surface area contributed by atoms with E-state index in [1.165, 1.54) is 5.56 Å². The highest BCUT2D eigenvalue weighted by atomic mass is 127. The fourth-order valence-corrected chi connectivity index (χ4v) is 3.55. The summed E-state index contributed by atoms with van der Waals surface area (Å²) in [6.45, 7) is 10.9. The van der Waals surface area contributed by atoms with Crippen LogP contribution in [0.1, 0.15) is 45.1 Å². The maximum Gasteiger partial charge on any atom is 0.191 e. The number of halogens is 1. The molecule has 0 amide bonds. The Balaban J connectivity index is 0.00000450.